The summed E-state index contributed by atoms with van der Waals surface area (Å²) < 4.78 is 20.6. The van der Waals surface area contributed by atoms with Gasteiger partial charge in [-0.2, -0.15) is 0 Å². The van der Waals surface area contributed by atoms with E-state index in [4.69, 9.17) is 9.72 Å². The fraction of sp³-hybridized carbons (Fsp3) is 0.208. The molecule has 156 valence electrons. The van der Waals surface area contributed by atoms with Crippen molar-refractivity contribution in [3.63, 3.8) is 0 Å². The number of likely N-dealkylation sites (tertiary alicyclic amines) is 1. The highest BCUT2D eigenvalue weighted by Crippen LogP contribution is 2.33. The third kappa shape index (κ3) is 3.52. The summed E-state index contributed by atoms with van der Waals surface area (Å²) in [4.78, 5) is 24.1. The summed E-state index contributed by atoms with van der Waals surface area (Å²) in [5, 5.41) is 0. The largest absolute Gasteiger partial charge is 0.497 e. The minimum atomic E-state index is -0.351. The summed E-state index contributed by atoms with van der Waals surface area (Å²) >= 11 is 0. The summed E-state index contributed by atoms with van der Waals surface area (Å²) in [5.41, 5.74) is 3.07. The van der Waals surface area contributed by atoms with Gasteiger partial charge in [0.2, 0.25) is 0 Å². The van der Waals surface area contributed by atoms with E-state index in [-0.39, 0.29) is 17.8 Å². The Hall–Kier alpha value is -3.74. The van der Waals surface area contributed by atoms with E-state index in [1.165, 1.54) is 24.3 Å². The van der Waals surface area contributed by atoms with E-state index in [1.807, 2.05) is 41.3 Å². The van der Waals surface area contributed by atoms with Gasteiger partial charge in [-0.15, -0.1) is 0 Å². The number of halogens is 1. The Kier molecular flexibility index (Phi) is 4.86. The van der Waals surface area contributed by atoms with Crippen LogP contribution in [0.4, 0.5) is 4.39 Å². The number of hydrogen-bond acceptors (Lipinski definition) is 4. The summed E-state index contributed by atoms with van der Waals surface area (Å²) in [6, 6.07) is 17.3. The molecule has 1 atom stereocenters. The molecule has 0 unspecified atom stereocenters. The molecule has 7 heteroatoms. The van der Waals surface area contributed by atoms with Gasteiger partial charge in [0, 0.05) is 30.4 Å². The summed E-state index contributed by atoms with van der Waals surface area (Å²) in [5.74, 6) is 1.15. The standard InChI is InChI=1S/C24H21FN4O2/c1-31-20-10-6-16(7-11-20)22-27-21-3-2-13-26-23(21)29(22)19-12-14-28(15-19)24(30)17-4-8-18(25)9-5-17/h2-11,13,19H,12,14-15H2,1H3/t19-/m0/s1. The first-order valence-electron chi connectivity index (χ1n) is 10.2. The van der Waals surface area contributed by atoms with Gasteiger partial charge in [0.25, 0.3) is 5.91 Å². The summed E-state index contributed by atoms with van der Waals surface area (Å²) in [7, 11) is 1.64. The second-order valence-electron chi connectivity index (χ2n) is 7.58. The average Bonchev–Trinajstić information content (AvgIpc) is 3.44. The molecular formula is C24H21FN4O2. The van der Waals surface area contributed by atoms with Crippen molar-refractivity contribution in [2.75, 3.05) is 20.2 Å². The molecule has 4 aromatic rings. The van der Waals surface area contributed by atoms with Gasteiger partial charge in [-0.3, -0.25) is 4.79 Å². The molecule has 6 nitrogen and oxygen atoms in total. The van der Waals surface area contributed by atoms with Crippen molar-refractivity contribution in [2.24, 2.45) is 0 Å². The molecule has 31 heavy (non-hydrogen) atoms. The average molecular weight is 416 g/mol. The van der Waals surface area contributed by atoms with E-state index in [0.717, 1.165) is 34.7 Å². The van der Waals surface area contributed by atoms with E-state index in [0.29, 0.717) is 18.7 Å². The third-order valence-electron chi connectivity index (χ3n) is 5.70. The predicted molar refractivity (Wildman–Crippen MR) is 115 cm³/mol. The van der Waals surface area contributed by atoms with Crippen LogP contribution in [0.5, 0.6) is 5.75 Å². The van der Waals surface area contributed by atoms with Crippen LogP contribution in [0.15, 0.2) is 66.9 Å². The second kappa shape index (κ2) is 7.83. The fourth-order valence-electron chi connectivity index (χ4n) is 4.13. The van der Waals surface area contributed by atoms with Crippen molar-refractivity contribution >= 4 is 17.1 Å². The Morgan fingerprint density at radius 2 is 1.87 bits per heavy atom. The number of fused-ring (bicyclic) bond motifs is 1. The highest BCUT2D eigenvalue weighted by Gasteiger charge is 2.31. The molecule has 1 fully saturated rings. The Morgan fingerprint density at radius 1 is 1.10 bits per heavy atom. The zero-order chi connectivity index (χ0) is 21.4. The molecule has 1 saturated heterocycles. The molecule has 2 aromatic heterocycles. The van der Waals surface area contributed by atoms with Crippen LogP contribution in [0.2, 0.25) is 0 Å². The van der Waals surface area contributed by atoms with Gasteiger partial charge in [-0.1, -0.05) is 0 Å². The van der Waals surface area contributed by atoms with Crippen LogP contribution in [0.1, 0.15) is 22.8 Å². The molecular weight excluding hydrogens is 395 g/mol. The van der Waals surface area contributed by atoms with Gasteiger partial charge >= 0.3 is 0 Å². The van der Waals surface area contributed by atoms with Crippen LogP contribution >= 0.6 is 0 Å². The molecule has 0 bridgehead atoms. The number of imidazole rings is 1. The van der Waals surface area contributed by atoms with Crippen molar-refractivity contribution in [1.29, 1.82) is 0 Å². The smallest absolute Gasteiger partial charge is 0.253 e. The quantitative estimate of drug-likeness (QED) is 0.497. The van der Waals surface area contributed by atoms with Gasteiger partial charge in [-0.05, 0) is 67.1 Å². The number of rotatable bonds is 4. The number of carbonyl (C=O) groups excluding carboxylic acids is 1. The minimum absolute atomic E-state index is 0.0430. The van der Waals surface area contributed by atoms with Crippen LogP contribution in [0.3, 0.4) is 0 Å². The highest BCUT2D eigenvalue weighted by atomic mass is 19.1. The van der Waals surface area contributed by atoms with E-state index in [2.05, 4.69) is 9.55 Å². The van der Waals surface area contributed by atoms with Gasteiger partial charge in [0.05, 0.1) is 13.2 Å². The van der Waals surface area contributed by atoms with Crippen LogP contribution in [0.25, 0.3) is 22.6 Å². The number of ether oxygens (including phenoxy) is 1. The maximum atomic E-state index is 13.2. The van der Waals surface area contributed by atoms with Crippen LogP contribution in [-0.2, 0) is 0 Å². The van der Waals surface area contributed by atoms with E-state index in [9.17, 15) is 9.18 Å². The van der Waals surface area contributed by atoms with Crippen LogP contribution < -0.4 is 4.74 Å². The number of hydrogen-bond donors (Lipinski definition) is 0. The Labute approximate surface area is 178 Å². The van der Waals surface area contributed by atoms with Gasteiger partial charge in [0.15, 0.2) is 5.65 Å². The molecule has 0 aliphatic carbocycles. The summed E-state index contributed by atoms with van der Waals surface area (Å²) in [6.45, 7) is 1.16. The summed E-state index contributed by atoms with van der Waals surface area (Å²) in [6.07, 6.45) is 2.55. The lowest BCUT2D eigenvalue weighted by Gasteiger charge is -2.19. The molecule has 0 N–H and O–H groups in total. The molecule has 1 amide bonds. The van der Waals surface area contributed by atoms with E-state index >= 15 is 0 Å². The molecule has 0 spiro atoms. The van der Waals surface area contributed by atoms with Gasteiger partial charge in [0.1, 0.15) is 22.9 Å². The van der Waals surface area contributed by atoms with Crippen molar-refractivity contribution in [3.8, 4) is 17.1 Å². The third-order valence-corrected chi connectivity index (χ3v) is 5.70. The first-order chi connectivity index (χ1) is 15.1. The fourth-order valence-corrected chi connectivity index (χ4v) is 4.13. The van der Waals surface area contributed by atoms with Crippen molar-refractivity contribution in [1.82, 2.24) is 19.4 Å². The Balaban J connectivity index is 1.49. The maximum Gasteiger partial charge on any atom is 0.253 e. The topological polar surface area (TPSA) is 60.3 Å². The normalized spacial score (nSPS) is 16.1. The molecule has 0 radical (unpaired) electrons. The molecule has 1 aliphatic heterocycles. The van der Waals surface area contributed by atoms with Crippen molar-refractivity contribution in [3.05, 3.63) is 78.2 Å². The van der Waals surface area contributed by atoms with Gasteiger partial charge in [-0.25, -0.2) is 14.4 Å². The number of carbonyl (C=O) groups is 1. The minimum Gasteiger partial charge on any atom is -0.497 e. The number of benzene rings is 2. The predicted octanol–water partition coefficient (Wildman–Crippen LogP) is 4.33. The van der Waals surface area contributed by atoms with Gasteiger partial charge < -0.3 is 14.2 Å². The molecule has 0 saturated carbocycles. The lowest BCUT2D eigenvalue weighted by atomic mass is 10.2. The zero-order valence-corrected chi connectivity index (χ0v) is 17.0. The number of amides is 1. The maximum absolute atomic E-state index is 13.2. The van der Waals surface area contributed by atoms with Crippen LogP contribution in [-0.4, -0.2) is 45.5 Å². The Morgan fingerprint density at radius 3 is 2.61 bits per heavy atom. The molecule has 5 rings (SSSR count). The zero-order valence-electron chi connectivity index (χ0n) is 17.0. The SMILES string of the molecule is COc1ccc(-c2nc3cccnc3n2[C@H]2CCN(C(=O)c3ccc(F)cc3)C2)cc1. The van der Waals surface area contributed by atoms with Crippen molar-refractivity contribution in [2.45, 2.75) is 12.5 Å². The number of methoxy groups -OCH3 is 1. The molecule has 3 heterocycles. The first kappa shape index (κ1) is 19.2. The van der Waals surface area contributed by atoms with Crippen molar-refractivity contribution < 1.29 is 13.9 Å². The monoisotopic (exact) mass is 416 g/mol. The highest BCUT2D eigenvalue weighted by molar-refractivity contribution is 5.94. The van der Waals surface area contributed by atoms with Crippen LogP contribution in [0, 0.1) is 5.82 Å². The number of aromatic nitrogens is 3. The van der Waals surface area contributed by atoms with E-state index in [1.54, 1.807) is 13.3 Å². The number of pyridine rings is 1. The lowest BCUT2D eigenvalue weighted by Crippen LogP contribution is -2.29. The second-order valence-corrected chi connectivity index (χ2v) is 7.58. The van der Waals surface area contributed by atoms with E-state index < -0.39 is 0 Å². The lowest BCUT2D eigenvalue weighted by molar-refractivity contribution is 0.0788. The first-order valence-corrected chi connectivity index (χ1v) is 10.2. The molecule has 1 aliphatic rings. The Bertz CT molecular complexity index is 1230. The molecule has 2 aromatic carbocycles. The number of nitrogens with zero attached hydrogens (tertiary/aromatic N) is 4.